The maximum atomic E-state index is 10.8. The first kappa shape index (κ1) is 22.8. The quantitative estimate of drug-likeness (QED) is 0.523. The van der Waals surface area contributed by atoms with Crippen molar-refractivity contribution in [2.45, 2.75) is 85.5 Å². The number of hydrogen-bond acceptors (Lipinski definition) is 2. The molecule has 0 spiro atoms. The molecule has 0 bridgehead atoms. The number of aliphatic carboxylic acids is 1. The summed E-state index contributed by atoms with van der Waals surface area (Å²) in [4.78, 5) is 10.8. The van der Waals surface area contributed by atoms with Gasteiger partial charge in [0.05, 0.1) is 0 Å². The number of benzene rings is 1. The highest BCUT2D eigenvalue weighted by Gasteiger charge is 2.39. The molecule has 2 aliphatic carbocycles. The van der Waals surface area contributed by atoms with Crippen LogP contribution in [0, 0.1) is 23.7 Å². The second kappa shape index (κ2) is 11.5. The summed E-state index contributed by atoms with van der Waals surface area (Å²) in [6.07, 6.45) is 11.7. The van der Waals surface area contributed by atoms with Gasteiger partial charge in [-0.05, 0) is 73.0 Å². The number of carbonyl (C=O) groups is 1. The number of rotatable bonds is 9. The van der Waals surface area contributed by atoms with Crippen molar-refractivity contribution in [3.63, 3.8) is 0 Å². The fraction of sp³-hybridized carbons (Fsp3) is 0.720. The first-order valence-corrected chi connectivity index (χ1v) is 11.5. The minimum absolute atomic E-state index is 0.247. The average Bonchev–Trinajstić information content (AvgIpc) is 3.10. The predicted molar refractivity (Wildman–Crippen MR) is 116 cm³/mol. The fourth-order valence-electron chi connectivity index (χ4n) is 5.21. The average molecular weight is 389 g/mol. The lowest BCUT2D eigenvalue weighted by atomic mass is 9.73. The molecular weight excluding hydrogens is 348 g/mol. The standard InChI is InChI=1S/C23H34O3.C2H6/c1-3-4-6-16(2)9-10-17-11-12-19-14-21-18(13-20(17)19)7-5-8-22(21)26-15-23(24)25;1-2/h5,7-8,16-17,19-20H,3-4,6,9-15H2,1-2H3,(H,24,25);1-2H3/t16-,17-,19+,20+;/m0./s1. The van der Waals surface area contributed by atoms with E-state index in [-0.39, 0.29) is 6.61 Å². The molecule has 158 valence electrons. The van der Waals surface area contributed by atoms with Crippen LogP contribution in [0.25, 0.3) is 0 Å². The molecule has 0 heterocycles. The molecule has 1 aromatic rings. The molecule has 3 rings (SSSR count). The lowest BCUT2D eigenvalue weighted by Crippen LogP contribution is -2.26. The van der Waals surface area contributed by atoms with Crippen LogP contribution in [0.1, 0.15) is 83.8 Å². The Labute approximate surface area is 171 Å². The Bertz CT molecular complexity index is 610. The highest BCUT2D eigenvalue weighted by Crippen LogP contribution is 2.48. The Hall–Kier alpha value is -1.51. The number of carboxylic acids is 1. The molecular formula is C25H40O3. The van der Waals surface area contributed by atoms with E-state index in [2.05, 4.69) is 19.9 Å². The lowest BCUT2D eigenvalue weighted by Gasteiger charge is -2.32. The molecule has 0 unspecified atom stereocenters. The van der Waals surface area contributed by atoms with Gasteiger partial charge in [-0.2, -0.15) is 0 Å². The van der Waals surface area contributed by atoms with Crippen molar-refractivity contribution < 1.29 is 14.6 Å². The zero-order valence-corrected chi connectivity index (χ0v) is 18.4. The topological polar surface area (TPSA) is 46.5 Å². The van der Waals surface area contributed by atoms with E-state index >= 15 is 0 Å². The van der Waals surface area contributed by atoms with Crippen LogP contribution < -0.4 is 4.74 Å². The van der Waals surface area contributed by atoms with Crippen LogP contribution in [-0.2, 0) is 17.6 Å². The highest BCUT2D eigenvalue weighted by atomic mass is 16.5. The number of carboxylic acid groups (broad SMARTS) is 1. The first-order chi connectivity index (χ1) is 13.6. The minimum Gasteiger partial charge on any atom is -0.482 e. The Kier molecular flexibility index (Phi) is 9.34. The fourth-order valence-corrected chi connectivity index (χ4v) is 5.21. The van der Waals surface area contributed by atoms with E-state index in [1.807, 2.05) is 26.0 Å². The van der Waals surface area contributed by atoms with Crippen LogP contribution in [0.5, 0.6) is 5.75 Å². The SMILES string of the molecule is CC.CCCC[C@H](C)CC[C@H]1CC[C@@H]2Cc3c(cccc3OCC(=O)O)C[C@H]12. The molecule has 0 amide bonds. The van der Waals surface area contributed by atoms with Crippen LogP contribution in [0.4, 0.5) is 0 Å². The summed E-state index contributed by atoms with van der Waals surface area (Å²) in [6, 6.07) is 6.18. The smallest absolute Gasteiger partial charge is 0.341 e. The second-order valence-corrected chi connectivity index (χ2v) is 8.57. The lowest BCUT2D eigenvalue weighted by molar-refractivity contribution is -0.139. The van der Waals surface area contributed by atoms with Crippen LogP contribution in [-0.4, -0.2) is 17.7 Å². The maximum absolute atomic E-state index is 10.8. The van der Waals surface area contributed by atoms with E-state index < -0.39 is 5.97 Å². The van der Waals surface area contributed by atoms with Crippen molar-refractivity contribution in [2.24, 2.45) is 23.7 Å². The van der Waals surface area contributed by atoms with Gasteiger partial charge in [0.2, 0.25) is 0 Å². The van der Waals surface area contributed by atoms with Gasteiger partial charge in [0.1, 0.15) is 5.75 Å². The largest absolute Gasteiger partial charge is 0.482 e. The third-order valence-corrected chi connectivity index (χ3v) is 6.70. The third kappa shape index (κ3) is 5.99. The van der Waals surface area contributed by atoms with Gasteiger partial charge in [-0.1, -0.05) is 65.5 Å². The van der Waals surface area contributed by atoms with E-state index in [1.165, 1.54) is 56.1 Å². The number of fused-ring (bicyclic) bond motifs is 2. The van der Waals surface area contributed by atoms with E-state index in [0.717, 1.165) is 42.3 Å². The highest BCUT2D eigenvalue weighted by molar-refractivity contribution is 5.68. The van der Waals surface area contributed by atoms with Gasteiger partial charge < -0.3 is 9.84 Å². The molecule has 0 radical (unpaired) electrons. The van der Waals surface area contributed by atoms with Crippen molar-refractivity contribution >= 4 is 5.97 Å². The van der Waals surface area contributed by atoms with Crippen molar-refractivity contribution in [1.29, 1.82) is 0 Å². The second-order valence-electron chi connectivity index (χ2n) is 8.57. The third-order valence-electron chi connectivity index (χ3n) is 6.70. The van der Waals surface area contributed by atoms with Crippen LogP contribution in [0.3, 0.4) is 0 Å². The Morgan fingerprint density at radius 2 is 2.00 bits per heavy atom. The van der Waals surface area contributed by atoms with Gasteiger partial charge in [-0.25, -0.2) is 4.79 Å². The van der Waals surface area contributed by atoms with Gasteiger partial charge >= 0.3 is 5.97 Å². The Balaban J connectivity index is 0.00000136. The maximum Gasteiger partial charge on any atom is 0.341 e. The number of ether oxygens (including phenoxy) is 1. The predicted octanol–water partition coefficient (Wildman–Crippen LogP) is 6.52. The van der Waals surface area contributed by atoms with Crippen molar-refractivity contribution in [2.75, 3.05) is 6.61 Å². The van der Waals surface area contributed by atoms with Gasteiger partial charge in [-0.3, -0.25) is 0 Å². The van der Waals surface area contributed by atoms with E-state index in [4.69, 9.17) is 9.84 Å². The van der Waals surface area contributed by atoms with Crippen molar-refractivity contribution in [3.8, 4) is 5.75 Å². The Morgan fingerprint density at radius 3 is 2.71 bits per heavy atom. The van der Waals surface area contributed by atoms with Crippen LogP contribution >= 0.6 is 0 Å². The summed E-state index contributed by atoms with van der Waals surface area (Å²) >= 11 is 0. The molecule has 1 saturated carbocycles. The van der Waals surface area contributed by atoms with E-state index in [0.29, 0.717) is 0 Å². The molecule has 1 aromatic carbocycles. The van der Waals surface area contributed by atoms with E-state index in [9.17, 15) is 4.79 Å². The Morgan fingerprint density at radius 1 is 1.21 bits per heavy atom. The molecule has 2 aliphatic rings. The minimum atomic E-state index is -0.908. The van der Waals surface area contributed by atoms with Gasteiger partial charge in [0.25, 0.3) is 0 Å². The van der Waals surface area contributed by atoms with Gasteiger partial charge in [0, 0.05) is 0 Å². The summed E-state index contributed by atoms with van der Waals surface area (Å²) in [7, 11) is 0. The zero-order chi connectivity index (χ0) is 20.5. The normalized spacial score (nSPS) is 23.8. The molecule has 0 saturated heterocycles. The molecule has 1 N–H and O–H groups in total. The molecule has 0 aromatic heterocycles. The molecule has 3 nitrogen and oxygen atoms in total. The molecule has 1 fully saturated rings. The van der Waals surface area contributed by atoms with E-state index in [1.54, 1.807) is 0 Å². The summed E-state index contributed by atoms with van der Waals surface area (Å²) in [5.41, 5.74) is 2.66. The van der Waals surface area contributed by atoms with Crippen molar-refractivity contribution in [1.82, 2.24) is 0 Å². The molecule has 0 aliphatic heterocycles. The van der Waals surface area contributed by atoms with Gasteiger partial charge in [0.15, 0.2) is 6.61 Å². The molecule has 4 atom stereocenters. The van der Waals surface area contributed by atoms with Crippen LogP contribution in [0.15, 0.2) is 18.2 Å². The van der Waals surface area contributed by atoms with Gasteiger partial charge in [-0.15, -0.1) is 0 Å². The number of hydrogen-bond donors (Lipinski definition) is 1. The zero-order valence-electron chi connectivity index (χ0n) is 18.4. The summed E-state index contributed by atoms with van der Waals surface area (Å²) in [6.45, 7) is 8.45. The van der Waals surface area contributed by atoms with Crippen molar-refractivity contribution in [3.05, 3.63) is 29.3 Å². The summed E-state index contributed by atoms with van der Waals surface area (Å²) < 4.78 is 5.56. The first-order valence-electron chi connectivity index (χ1n) is 11.5. The summed E-state index contributed by atoms with van der Waals surface area (Å²) in [5.74, 6) is 3.19. The monoisotopic (exact) mass is 388 g/mol. The molecule has 3 heteroatoms. The molecule has 28 heavy (non-hydrogen) atoms. The van der Waals surface area contributed by atoms with Crippen LogP contribution in [0.2, 0.25) is 0 Å². The number of unbranched alkanes of at least 4 members (excludes halogenated alkanes) is 1. The summed E-state index contributed by atoms with van der Waals surface area (Å²) in [5, 5.41) is 8.90.